The first-order valence-electron chi connectivity index (χ1n) is 11.2. The Hall–Kier alpha value is -3.60. The number of ether oxygens (including phenoxy) is 1. The summed E-state index contributed by atoms with van der Waals surface area (Å²) in [4.78, 5) is 29.3. The molecule has 1 atom stereocenters. The molecule has 0 spiro atoms. The number of amides is 1. The van der Waals surface area contributed by atoms with Gasteiger partial charge in [0.2, 0.25) is 5.95 Å². The standard InChI is InChI=1S/C24H24FN5O4S/c1-35(32,33)21-14-29(15-21)24-27-11-19(12-28-24)30-9-8-22(23(30)31)34-20-7-6-18(26-13-20)10-16-2-4-17(25)5-3-16/h2-7,11-13,21-22H,8-10,14-15H2,1H3/t22-/m1/s1. The maximum atomic E-state index is 13.1. The molecule has 182 valence electrons. The average molecular weight is 498 g/mol. The number of rotatable bonds is 7. The number of anilines is 2. The number of sulfone groups is 1. The SMILES string of the molecule is CS(=O)(=O)C1CN(c2ncc(N3CC[C@@H](Oc4ccc(Cc5ccc(F)cc5)nc4)C3=O)cn2)C1. The van der Waals surface area contributed by atoms with Crippen LogP contribution in [-0.2, 0) is 21.1 Å². The van der Waals surface area contributed by atoms with Crippen molar-refractivity contribution >= 4 is 27.4 Å². The molecule has 0 saturated carbocycles. The summed E-state index contributed by atoms with van der Waals surface area (Å²) in [6.07, 6.45) is 6.41. The first-order valence-corrected chi connectivity index (χ1v) is 13.1. The Morgan fingerprint density at radius 3 is 2.37 bits per heavy atom. The minimum atomic E-state index is -3.07. The van der Waals surface area contributed by atoms with E-state index in [9.17, 15) is 17.6 Å². The molecule has 2 aromatic heterocycles. The molecule has 2 aliphatic heterocycles. The molecule has 2 fully saturated rings. The number of nitrogens with zero attached hydrogens (tertiary/aromatic N) is 5. The highest BCUT2D eigenvalue weighted by Crippen LogP contribution is 2.26. The van der Waals surface area contributed by atoms with E-state index in [0.717, 1.165) is 11.3 Å². The fourth-order valence-corrected chi connectivity index (χ4v) is 4.97. The van der Waals surface area contributed by atoms with Gasteiger partial charge in [-0.15, -0.1) is 0 Å². The van der Waals surface area contributed by atoms with Gasteiger partial charge in [0.05, 0.1) is 29.5 Å². The van der Waals surface area contributed by atoms with Gasteiger partial charge in [0.1, 0.15) is 11.6 Å². The van der Waals surface area contributed by atoms with Gasteiger partial charge in [-0.3, -0.25) is 9.78 Å². The van der Waals surface area contributed by atoms with Crippen LogP contribution in [-0.4, -0.2) is 66.5 Å². The van der Waals surface area contributed by atoms with E-state index < -0.39 is 21.2 Å². The molecule has 0 bridgehead atoms. The summed E-state index contributed by atoms with van der Waals surface area (Å²) in [6, 6.07) is 9.88. The van der Waals surface area contributed by atoms with Crippen molar-refractivity contribution < 1.29 is 22.3 Å². The van der Waals surface area contributed by atoms with Gasteiger partial charge in [-0.05, 0) is 29.8 Å². The second kappa shape index (κ2) is 9.21. The van der Waals surface area contributed by atoms with E-state index in [-0.39, 0.29) is 11.7 Å². The van der Waals surface area contributed by atoms with Crippen LogP contribution in [0.5, 0.6) is 5.75 Å². The van der Waals surface area contributed by atoms with E-state index >= 15 is 0 Å². The van der Waals surface area contributed by atoms with Crippen molar-refractivity contribution in [2.45, 2.75) is 24.2 Å². The van der Waals surface area contributed by atoms with Gasteiger partial charge in [-0.2, -0.15) is 0 Å². The molecule has 0 radical (unpaired) electrons. The summed E-state index contributed by atoms with van der Waals surface area (Å²) in [5, 5.41) is -0.393. The first kappa shape index (κ1) is 23.2. The second-order valence-electron chi connectivity index (χ2n) is 8.77. The van der Waals surface area contributed by atoms with E-state index in [4.69, 9.17) is 4.74 Å². The molecule has 2 aliphatic rings. The molecule has 0 N–H and O–H groups in total. The van der Waals surface area contributed by atoms with Crippen molar-refractivity contribution in [1.29, 1.82) is 0 Å². The average Bonchev–Trinajstić information content (AvgIpc) is 3.15. The fourth-order valence-electron chi connectivity index (χ4n) is 4.07. The van der Waals surface area contributed by atoms with Crippen molar-refractivity contribution in [3.05, 3.63) is 72.1 Å². The van der Waals surface area contributed by atoms with Gasteiger partial charge >= 0.3 is 0 Å². The number of pyridine rings is 1. The minimum absolute atomic E-state index is 0.183. The van der Waals surface area contributed by atoms with Crippen molar-refractivity contribution in [3.63, 3.8) is 0 Å². The molecule has 1 aromatic carbocycles. The van der Waals surface area contributed by atoms with Crippen LogP contribution >= 0.6 is 0 Å². The predicted molar refractivity (Wildman–Crippen MR) is 128 cm³/mol. The zero-order chi connectivity index (χ0) is 24.6. The minimum Gasteiger partial charge on any atom is -0.479 e. The van der Waals surface area contributed by atoms with Gasteiger partial charge < -0.3 is 14.5 Å². The van der Waals surface area contributed by atoms with Crippen LogP contribution in [0.15, 0.2) is 55.0 Å². The molecule has 35 heavy (non-hydrogen) atoms. The third kappa shape index (κ3) is 5.09. The van der Waals surface area contributed by atoms with Crippen LogP contribution in [0.4, 0.5) is 16.0 Å². The summed E-state index contributed by atoms with van der Waals surface area (Å²) in [5.74, 6) is 0.484. The third-order valence-corrected chi connectivity index (χ3v) is 7.71. The number of carbonyl (C=O) groups is 1. The normalized spacial score (nSPS) is 18.6. The lowest BCUT2D eigenvalue weighted by Gasteiger charge is -2.37. The van der Waals surface area contributed by atoms with E-state index in [0.29, 0.717) is 49.9 Å². The van der Waals surface area contributed by atoms with Gasteiger partial charge in [0, 0.05) is 44.4 Å². The number of benzene rings is 1. The zero-order valence-electron chi connectivity index (χ0n) is 19.0. The molecule has 11 heteroatoms. The van der Waals surface area contributed by atoms with E-state index in [2.05, 4.69) is 15.0 Å². The molecular weight excluding hydrogens is 473 g/mol. The summed E-state index contributed by atoms with van der Waals surface area (Å²) < 4.78 is 42.1. The Bertz CT molecular complexity index is 1310. The Morgan fingerprint density at radius 2 is 1.74 bits per heavy atom. The summed E-state index contributed by atoms with van der Waals surface area (Å²) in [5.41, 5.74) is 2.33. The van der Waals surface area contributed by atoms with Crippen LogP contribution in [0.25, 0.3) is 0 Å². The smallest absolute Gasteiger partial charge is 0.268 e. The molecule has 5 rings (SSSR count). The highest BCUT2D eigenvalue weighted by atomic mass is 32.2. The van der Waals surface area contributed by atoms with Crippen LogP contribution in [0.2, 0.25) is 0 Å². The van der Waals surface area contributed by atoms with Gasteiger partial charge in [-0.1, -0.05) is 12.1 Å². The molecule has 9 nitrogen and oxygen atoms in total. The number of halogens is 1. The highest BCUT2D eigenvalue weighted by Gasteiger charge is 2.37. The van der Waals surface area contributed by atoms with Crippen LogP contribution in [0.3, 0.4) is 0 Å². The number of hydrogen-bond acceptors (Lipinski definition) is 8. The van der Waals surface area contributed by atoms with Crippen molar-refractivity contribution in [2.75, 3.05) is 35.7 Å². The third-order valence-electron chi connectivity index (χ3n) is 6.20. The lowest BCUT2D eigenvalue weighted by molar-refractivity contribution is -0.122. The van der Waals surface area contributed by atoms with Gasteiger partial charge in [0.25, 0.3) is 5.91 Å². The van der Waals surface area contributed by atoms with Crippen LogP contribution < -0.4 is 14.5 Å². The van der Waals surface area contributed by atoms with Gasteiger partial charge in [0.15, 0.2) is 15.9 Å². The summed E-state index contributed by atoms with van der Waals surface area (Å²) in [6.45, 7) is 1.21. The van der Waals surface area contributed by atoms with Crippen molar-refractivity contribution in [2.24, 2.45) is 0 Å². The molecule has 3 aromatic rings. The van der Waals surface area contributed by atoms with E-state index in [1.807, 2.05) is 6.07 Å². The zero-order valence-corrected chi connectivity index (χ0v) is 19.9. The largest absolute Gasteiger partial charge is 0.479 e. The molecule has 2 saturated heterocycles. The topological polar surface area (TPSA) is 106 Å². The van der Waals surface area contributed by atoms with Crippen molar-refractivity contribution in [3.8, 4) is 5.75 Å². The second-order valence-corrected chi connectivity index (χ2v) is 11.1. The molecule has 0 aliphatic carbocycles. The lowest BCUT2D eigenvalue weighted by atomic mass is 10.1. The number of aromatic nitrogens is 3. The maximum Gasteiger partial charge on any atom is 0.268 e. The number of carbonyl (C=O) groups excluding carboxylic acids is 1. The molecular formula is C24H24FN5O4S. The van der Waals surface area contributed by atoms with Crippen molar-refractivity contribution in [1.82, 2.24) is 15.0 Å². The number of hydrogen-bond donors (Lipinski definition) is 0. The maximum absolute atomic E-state index is 13.1. The molecule has 1 amide bonds. The summed E-state index contributed by atoms with van der Waals surface area (Å²) >= 11 is 0. The Morgan fingerprint density at radius 1 is 1.03 bits per heavy atom. The molecule has 0 unspecified atom stereocenters. The van der Waals surface area contributed by atoms with Crippen LogP contribution in [0, 0.1) is 5.82 Å². The summed E-state index contributed by atoms with van der Waals surface area (Å²) in [7, 11) is -3.07. The van der Waals surface area contributed by atoms with Gasteiger partial charge in [-0.25, -0.2) is 22.8 Å². The van der Waals surface area contributed by atoms with E-state index in [1.54, 1.807) is 46.6 Å². The van der Waals surface area contributed by atoms with E-state index in [1.165, 1.54) is 18.4 Å². The Kier molecular flexibility index (Phi) is 6.10. The monoisotopic (exact) mass is 497 g/mol. The quantitative estimate of drug-likeness (QED) is 0.488. The van der Waals surface area contributed by atoms with Crippen LogP contribution in [0.1, 0.15) is 17.7 Å². The first-order chi connectivity index (χ1) is 16.8. The fraction of sp³-hybridized carbons (Fsp3) is 0.333. The Labute approximate surface area is 202 Å². The molecule has 4 heterocycles. The predicted octanol–water partition coefficient (Wildman–Crippen LogP) is 2.02. The highest BCUT2D eigenvalue weighted by molar-refractivity contribution is 7.91. The Balaban J connectivity index is 1.16. The lowest BCUT2D eigenvalue weighted by Crippen LogP contribution is -2.55.